The van der Waals surface area contributed by atoms with Gasteiger partial charge >= 0.3 is 6.09 Å². The van der Waals surface area contributed by atoms with E-state index < -0.39 is 11.7 Å². The molecule has 0 heterocycles. The smallest absolute Gasteiger partial charge is 0.407 e. The summed E-state index contributed by atoms with van der Waals surface area (Å²) in [7, 11) is 0. The fourth-order valence-electron chi connectivity index (χ4n) is 1.52. The summed E-state index contributed by atoms with van der Waals surface area (Å²) in [5.74, 6) is 6.00. The lowest BCUT2D eigenvalue weighted by atomic mass is 10.2. The molecule has 1 aromatic rings. The Labute approximate surface area is 136 Å². The maximum atomic E-state index is 11.4. The SMILES string of the molecule is CC(C)(C)OC(=O)NCCC#Cc1cccc(NC(N)=S)c1. The van der Waals surface area contributed by atoms with Crippen LogP contribution in [0.25, 0.3) is 0 Å². The van der Waals surface area contributed by atoms with E-state index in [9.17, 15) is 4.79 Å². The highest BCUT2D eigenvalue weighted by Gasteiger charge is 2.15. The van der Waals surface area contributed by atoms with E-state index in [-0.39, 0.29) is 5.11 Å². The van der Waals surface area contributed by atoms with Crippen LogP contribution in [-0.2, 0) is 4.74 Å². The van der Waals surface area contributed by atoms with Crippen molar-refractivity contribution in [1.82, 2.24) is 5.32 Å². The van der Waals surface area contributed by atoms with Crippen LogP contribution < -0.4 is 16.4 Å². The van der Waals surface area contributed by atoms with E-state index in [2.05, 4.69) is 22.5 Å². The van der Waals surface area contributed by atoms with Crippen LogP contribution in [0.3, 0.4) is 0 Å². The van der Waals surface area contributed by atoms with Crippen molar-refractivity contribution in [3.05, 3.63) is 29.8 Å². The Morgan fingerprint density at radius 2 is 2.14 bits per heavy atom. The Bertz CT molecular complexity index is 597. The summed E-state index contributed by atoms with van der Waals surface area (Å²) in [6.45, 7) is 5.90. The Kier molecular flexibility index (Phi) is 6.67. The number of nitrogens with one attached hydrogen (secondary N) is 2. The average molecular weight is 319 g/mol. The predicted octanol–water partition coefficient (Wildman–Crippen LogP) is 2.61. The molecule has 0 aromatic heterocycles. The number of carbonyl (C=O) groups is 1. The number of ether oxygens (including phenoxy) is 1. The topological polar surface area (TPSA) is 76.4 Å². The summed E-state index contributed by atoms with van der Waals surface area (Å²) in [5, 5.41) is 5.72. The standard InChI is InChI=1S/C16H21N3O2S/c1-16(2,3)21-15(20)18-10-5-4-7-12-8-6-9-13(11-12)19-14(17)22/h6,8-9,11H,5,10H2,1-3H3,(H,18,20)(H3,17,19,22). The monoisotopic (exact) mass is 319 g/mol. The second kappa shape index (κ2) is 8.25. The van der Waals surface area contributed by atoms with Gasteiger partial charge in [-0.05, 0) is 51.2 Å². The maximum Gasteiger partial charge on any atom is 0.407 e. The highest BCUT2D eigenvalue weighted by molar-refractivity contribution is 7.80. The van der Waals surface area contributed by atoms with E-state index in [1.54, 1.807) is 0 Å². The third kappa shape index (κ3) is 8.12. The number of hydrogen-bond acceptors (Lipinski definition) is 3. The van der Waals surface area contributed by atoms with Gasteiger partial charge in [0.1, 0.15) is 5.60 Å². The average Bonchev–Trinajstić information content (AvgIpc) is 2.35. The van der Waals surface area contributed by atoms with E-state index in [1.807, 2.05) is 45.0 Å². The predicted molar refractivity (Wildman–Crippen MR) is 92.6 cm³/mol. The van der Waals surface area contributed by atoms with Crippen molar-refractivity contribution < 1.29 is 9.53 Å². The van der Waals surface area contributed by atoms with Crippen LogP contribution in [0, 0.1) is 11.8 Å². The molecule has 1 rings (SSSR count). The van der Waals surface area contributed by atoms with Crippen molar-refractivity contribution in [2.45, 2.75) is 32.8 Å². The minimum absolute atomic E-state index is 0.215. The number of anilines is 1. The highest BCUT2D eigenvalue weighted by Crippen LogP contribution is 2.09. The first-order chi connectivity index (χ1) is 10.3. The van der Waals surface area contributed by atoms with Gasteiger partial charge in [-0.25, -0.2) is 4.79 Å². The largest absolute Gasteiger partial charge is 0.444 e. The molecular formula is C16H21N3O2S. The molecule has 1 aromatic carbocycles. The summed E-state index contributed by atoms with van der Waals surface area (Å²) < 4.78 is 5.12. The molecule has 5 nitrogen and oxygen atoms in total. The molecular weight excluding hydrogens is 298 g/mol. The zero-order valence-electron chi connectivity index (χ0n) is 13.0. The van der Waals surface area contributed by atoms with Gasteiger partial charge in [0, 0.05) is 24.2 Å². The van der Waals surface area contributed by atoms with E-state index in [0.717, 1.165) is 11.3 Å². The van der Waals surface area contributed by atoms with Crippen molar-refractivity contribution in [3.63, 3.8) is 0 Å². The molecule has 0 spiro atoms. The van der Waals surface area contributed by atoms with E-state index in [1.165, 1.54) is 0 Å². The third-order valence-electron chi connectivity index (χ3n) is 2.28. The zero-order valence-corrected chi connectivity index (χ0v) is 13.8. The lowest BCUT2D eigenvalue weighted by Crippen LogP contribution is -2.32. The van der Waals surface area contributed by atoms with Gasteiger partial charge < -0.3 is 21.1 Å². The fourth-order valence-corrected chi connectivity index (χ4v) is 1.64. The van der Waals surface area contributed by atoms with E-state index in [0.29, 0.717) is 13.0 Å². The zero-order chi connectivity index (χ0) is 16.6. The van der Waals surface area contributed by atoms with Crippen LogP contribution in [0.4, 0.5) is 10.5 Å². The van der Waals surface area contributed by atoms with Gasteiger partial charge in [-0.3, -0.25) is 0 Å². The summed E-state index contributed by atoms with van der Waals surface area (Å²) in [5.41, 5.74) is 6.57. The number of nitrogens with two attached hydrogens (primary N) is 1. The molecule has 22 heavy (non-hydrogen) atoms. The first kappa shape index (κ1) is 17.8. The van der Waals surface area contributed by atoms with Gasteiger partial charge in [0.25, 0.3) is 0 Å². The number of rotatable bonds is 3. The van der Waals surface area contributed by atoms with Crippen LogP contribution in [0.15, 0.2) is 24.3 Å². The van der Waals surface area contributed by atoms with Gasteiger partial charge in [-0.2, -0.15) is 0 Å². The van der Waals surface area contributed by atoms with Crippen molar-refractivity contribution in [2.24, 2.45) is 5.73 Å². The number of hydrogen-bond donors (Lipinski definition) is 3. The summed E-state index contributed by atoms with van der Waals surface area (Å²) in [4.78, 5) is 11.4. The second-order valence-corrected chi connectivity index (χ2v) is 5.99. The van der Waals surface area contributed by atoms with Crippen molar-refractivity contribution in [3.8, 4) is 11.8 Å². The second-order valence-electron chi connectivity index (χ2n) is 5.55. The van der Waals surface area contributed by atoms with Crippen LogP contribution in [0.2, 0.25) is 0 Å². The molecule has 0 fully saturated rings. The Balaban J connectivity index is 2.41. The van der Waals surface area contributed by atoms with Crippen LogP contribution in [-0.4, -0.2) is 23.4 Å². The van der Waals surface area contributed by atoms with Gasteiger partial charge in [-0.15, -0.1) is 0 Å². The number of thiocarbonyl (C=S) groups is 1. The lowest BCUT2D eigenvalue weighted by Gasteiger charge is -2.19. The minimum atomic E-state index is -0.493. The Morgan fingerprint density at radius 3 is 2.77 bits per heavy atom. The highest BCUT2D eigenvalue weighted by atomic mass is 32.1. The molecule has 0 atom stereocenters. The third-order valence-corrected chi connectivity index (χ3v) is 2.38. The molecule has 0 saturated heterocycles. The summed E-state index contributed by atoms with van der Waals surface area (Å²) in [6.07, 6.45) is 0.101. The quantitative estimate of drug-likeness (QED) is 0.453. The lowest BCUT2D eigenvalue weighted by molar-refractivity contribution is 0.0529. The minimum Gasteiger partial charge on any atom is -0.444 e. The molecule has 0 bridgehead atoms. The molecule has 0 saturated carbocycles. The van der Waals surface area contributed by atoms with Gasteiger partial charge in [0.2, 0.25) is 0 Å². The van der Waals surface area contributed by atoms with Gasteiger partial charge in [0.15, 0.2) is 5.11 Å². The summed E-state index contributed by atoms with van der Waals surface area (Å²) >= 11 is 4.78. The molecule has 0 aliphatic rings. The normalized spacial score (nSPS) is 10.1. The molecule has 0 aliphatic heterocycles. The van der Waals surface area contributed by atoms with Crippen molar-refractivity contribution in [2.75, 3.05) is 11.9 Å². The maximum absolute atomic E-state index is 11.4. The van der Waals surface area contributed by atoms with Crippen LogP contribution >= 0.6 is 12.2 Å². The molecule has 6 heteroatoms. The summed E-state index contributed by atoms with van der Waals surface area (Å²) in [6, 6.07) is 7.46. The first-order valence-corrected chi connectivity index (χ1v) is 7.29. The molecule has 0 aliphatic carbocycles. The molecule has 118 valence electrons. The fraction of sp³-hybridized carbons (Fsp3) is 0.375. The van der Waals surface area contributed by atoms with Crippen molar-refractivity contribution in [1.29, 1.82) is 0 Å². The molecule has 0 radical (unpaired) electrons. The molecule has 1 amide bonds. The van der Waals surface area contributed by atoms with E-state index in [4.69, 9.17) is 22.7 Å². The van der Waals surface area contributed by atoms with E-state index >= 15 is 0 Å². The van der Waals surface area contributed by atoms with Crippen molar-refractivity contribution >= 4 is 29.1 Å². The number of alkyl carbamates (subject to hydrolysis) is 1. The number of amides is 1. The number of carbonyl (C=O) groups excluding carboxylic acids is 1. The molecule has 0 unspecified atom stereocenters. The van der Waals surface area contributed by atoms with Crippen LogP contribution in [0.1, 0.15) is 32.8 Å². The van der Waals surface area contributed by atoms with Gasteiger partial charge in [-0.1, -0.05) is 17.9 Å². The first-order valence-electron chi connectivity index (χ1n) is 6.88. The Hall–Kier alpha value is -2.26. The Morgan fingerprint density at radius 1 is 1.41 bits per heavy atom. The number of benzene rings is 1. The van der Waals surface area contributed by atoms with Crippen LogP contribution in [0.5, 0.6) is 0 Å². The van der Waals surface area contributed by atoms with Gasteiger partial charge in [0.05, 0.1) is 0 Å². The molecule has 4 N–H and O–H groups in total.